The van der Waals surface area contributed by atoms with Gasteiger partial charge in [0.2, 0.25) is 5.91 Å². The lowest BCUT2D eigenvalue weighted by Crippen LogP contribution is -2.42. The highest BCUT2D eigenvalue weighted by atomic mass is 16.5. The zero-order valence-electron chi connectivity index (χ0n) is 22.4. The maximum absolute atomic E-state index is 13.2. The number of nitrogens with zero attached hydrogens (tertiary/aromatic N) is 2. The van der Waals surface area contributed by atoms with Crippen molar-refractivity contribution >= 4 is 17.8 Å². The monoisotopic (exact) mass is 546 g/mol. The minimum atomic E-state index is -2.27. The first-order valence-electron chi connectivity index (χ1n) is 12.7. The maximum atomic E-state index is 13.2. The number of piperidine rings is 1. The van der Waals surface area contributed by atoms with Crippen molar-refractivity contribution in [3.63, 3.8) is 0 Å². The van der Waals surface area contributed by atoms with Gasteiger partial charge in [0, 0.05) is 18.7 Å². The second-order valence-electron chi connectivity index (χ2n) is 9.11. The van der Waals surface area contributed by atoms with Gasteiger partial charge in [0.1, 0.15) is 0 Å². The number of likely N-dealkylation sites (tertiary alicyclic amines) is 1. The van der Waals surface area contributed by atoms with Gasteiger partial charge in [-0.3, -0.25) is 9.69 Å². The van der Waals surface area contributed by atoms with Crippen LogP contribution in [0.4, 0.5) is 0 Å². The molecule has 39 heavy (non-hydrogen) atoms. The van der Waals surface area contributed by atoms with Crippen LogP contribution in [0.25, 0.3) is 0 Å². The van der Waals surface area contributed by atoms with Crippen LogP contribution in [-0.2, 0) is 27.3 Å². The third kappa shape index (κ3) is 10.2. The molecule has 214 valence electrons. The SMILES string of the molecule is COc1cccc(CN(CCc2ccccc2)C(=O)CN2CCCCC2)c1OC.O=C(O)C(O)C(O)C(=O)O. The van der Waals surface area contributed by atoms with Crippen molar-refractivity contribution < 1.29 is 44.3 Å². The Morgan fingerprint density at radius 2 is 1.49 bits per heavy atom. The first-order chi connectivity index (χ1) is 18.7. The van der Waals surface area contributed by atoms with Crippen molar-refractivity contribution in [2.45, 2.75) is 44.4 Å². The quantitative estimate of drug-likeness (QED) is 0.308. The van der Waals surface area contributed by atoms with Crippen LogP contribution in [0.1, 0.15) is 30.4 Å². The zero-order chi connectivity index (χ0) is 28.8. The number of hydrogen-bond acceptors (Lipinski definition) is 8. The van der Waals surface area contributed by atoms with E-state index in [2.05, 4.69) is 17.0 Å². The van der Waals surface area contributed by atoms with Gasteiger partial charge in [-0.2, -0.15) is 0 Å². The number of aliphatic hydroxyl groups is 2. The number of ether oxygens (including phenoxy) is 2. The number of amides is 1. The number of aliphatic carboxylic acids is 2. The summed E-state index contributed by atoms with van der Waals surface area (Å²) in [7, 11) is 3.28. The molecule has 1 fully saturated rings. The van der Waals surface area contributed by atoms with E-state index in [9.17, 15) is 14.4 Å². The van der Waals surface area contributed by atoms with Gasteiger partial charge in [-0.1, -0.05) is 48.9 Å². The highest BCUT2D eigenvalue weighted by Gasteiger charge is 2.29. The van der Waals surface area contributed by atoms with Gasteiger partial charge in [-0.05, 0) is 44.0 Å². The van der Waals surface area contributed by atoms with Crippen LogP contribution in [0.5, 0.6) is 11.5 Å². The number of benzene rings is 2. The lowest BCUT2D eigenvalue weighted by Gasteiger charge is -2.30. The predicted molar refractivity (Wildman–Crippen MR) is 143 cm³/mol. The lowest BCUT2D eigenvalue weighted by atomic mass is 10.1. The summed E-state index contributed by atoms with van der Waals surface area (Å²) in [6.07, 6.45) is -0.0698. The molecule has 0 bridgehead atoms. The predicted octanol–water partition coefficient (Wildman–Crippen LogP) is 1.64. The van der Waals surface area contributed by atoms with E-state index < -0.39 is 24.1 Å². The third-order valence-electron chi connectivity index (χ3n) is 6.32. The number of carboxylic acids is 2. The van der Waals surface area contributed by atoms with Gasteiger partial charge >= 0.3 is 11.9 Å². The Kier molecular flexibility index (Phi) is 13.2. The van der Waals surface area contributed by atoms with Gasteiger partial charge in [-0.25, -0.2) is 9.59 Å². The second kappa shape index (κ2) is 16.3. The molecule has 2 aromatic rings. The van der Waals surface area contributed by atoms with Crippen molar-refractivity contribution in [2.24, 2.45) is 0 Å². The molecule has 0 aromatic heterocycles. The minimum Gasteiger partial charge on any atom is -0.493 e. The number of methoxy groups -OCH3 is 2. The fourth-order valence-electron chi connectivity index (χ4n) is 4.16. The summed E-state index contributed by atoms with van der Waals surface area (Å²) in [6, 6.07) is 16.2. The van der Waals surface area contributed by atoms with Crippen LogP contribution in [0.3, 0.4) is 0 Å². The summed E-state index contributed by atoms with van der Waals surface area (Å²) in [6.45, 7) is 3.71. The van der Waals surface area contributed by atoms with Crippen LogP contribution >= 0.6 is 0 Å². The zero-order valence-corrected chi connectivity index (χ0v) is 22.4. The van der Waals surface area contributed by atoms with Gasteiger partial charge in [0.15, 0.2) is 23.7 Å². The molecule has 1 aliphatic rings. The Hall–Kier alpha value is -3.67. The van der Waals surface area contributed by atoms with E-state index in [1.165, 1.54) is 24.8 Å². The number of rotatable bonds is 12. The number of carbonyl (C=O) groups is 3. The maximum Gasteiger partial charge on any atom is 0.335 e. The summed E-state index contributed by atoms with van der Waals surface area (Å²) < 4.78 is 11.0. The van der Waals surface area contributed by atoms with Gasteiger partial charge in [0.05, 0.1) is 20.8 Å². The molecule has 4 N–H and O–H groups in total. The molecule has 1 heterocycles. The van der Waals surface area contributed by atoms with E-state index >= 15 is 0 Å². The number of aliphatic hydroxyl groups excluding tert-OH is 2. The Labute approximate surface area is 228 Å². The molecule has 1 saturated heterocycles. The Morgan fingerprint density at radius 1 is 0.872 bits per heavy atom. The Morgan fingerprint density at radius 3 is 2.03 bits per heavy atom. The molecule has 0 radical (unpaired) electrons. The molecular formula is C28H38N2O9. The number of hydrogen-bond donors (Lipinski definition) is 4. The molecule has 0 aliphatic carbocycles. The van der Waals surface area contributed by atoms with Crippen LogP contribution < -0.4 is 9.47 Å². The van der Waals surface area contributed by atoms with Crippen LogP contribution in [0.15, 0.2) is 48.5 Å². The molecule has 2 aromatic carbocycles. The summed E-state index contributed by atoms with van der Waals surface area (Å²) in [5, 5.41) is 32.5. The summed E-state index contributed by atoms with van der Waals surface area (Å²) in [5.41, 5.74) is 2.20. The number of carbonyl (C=O) groups excluding carboxylic acids is 1. The molecule has 2 atom stereocenters. The smallest absolute Gasteiger partial charge is 0.335 e. The first kappa shape index (κ1) is 31.5. The fourth-order valence-corrected chi connectivity index (χ4v) is 4.16. The van der Waals surface area contributed by atoms with Crippen LogP contribution in [-0.4, -0.2) is 101 Å². The summed E-state index contributed by atoms with van der Waals surface area (Å²) in [4.78, 5) is 37.0. The van der Waals surface area contributed by atoms with Crippen molar-refractivity contribution in [3.05, 3.63) is 59.7 Å². The highest BCUT2D eigenvalue weighted by Crippen LogP contribution is 2.31. The molecule has 1 aliphatic heterocycles. The van der Waals surface area contributed by atoms with Crippen molar-refractivity contribution in [1.29, 1.82) is 0 Å². The summed E-state index contributed by atoms with van der Waals surface area (Å²) in [5.74, 6) is -1.97. The third-order valence-corrected chi connectivity index (χ3v) is 6.32. The van der Waals surface area contributed by atoms with Crippen LogP contribution in [0.2, 0.25) is 0 Å². The van der Waals surface area contributed by atoms with E-state index in [1.54, 1.807) is 14.2 Å². The Bertz CT molecular complexity index is 1040. The highest BCUT2D eigenvalue weighted by molar-refractivity contribution is 5.83. The van der Waals surface area contributed by atoms with E-state index in [-0.39, 0.29) is 5.91 Å². The molecule has 1 amide bonds. The molecule has 11 nitrogen and oxygen atoms in total. The largest absolute Gasteiger partial charge is 0.493 e. The van der Waals surface area contributed by atoms with E-state index in [4.69, 9.17) is 29.9 Å². The molecule has 0 saturated carbocycles. The molecule has 2 unspecified atom stereocenters. The average molecular weight is 547 g/mol. The fraction of sp³-hybridized carbons (Fsp3) is 0.464. The lowest BCUT2D eigenvalue weighted by molar-refractivity contribution is -0.165. The summed E-state index contributed by atoms with van der Waals surface area (Å²) >= 11 is 0. The van der Waals surface area contributed by atoms with E-state index in [0.717, 1.165) is 25.1 Å². The van der Waals surface area contributed by atoms with Gasteiger partial charge < -0.3 is 34.8 Å². The van der Waals surface area contributed by atoms with E-state index in [0.29, 0.717) is 31.1 Å². The van der Waals surface area contributed by atoms with Crippen molar-refractivity contribution in [1.82, 2.24) is 9.80 Å². The molecular weight excluding hydrogens is 508 g/mol. The standard InChI is InChI=1S/C24H32N2O3.C4H6O6/c1-28-22-13-9-12-21(24(22)29-2)18-26(17-14-20-10-5-3-6-11-20)23(27)19-25-15-7-4-8-16-25;5-1(3(7)8)2(6)4(9)10/h3,5-6,9-13H,4,7-8,14-19H2,1-2H3;1-2,5-6H,(H,7,8)(H,9,10). The topological polar surface area (TPSA) is 157 Å². The Balaban J connectivity index is 0.000000455. The van der Waals surface area contributed by atoms with Gasteiger partial charge in [0.25, 0.3) is 0 Å². The molecule has 3 rings (SSSR count). The van der Waals surface area contributed by atoms with Gasteiger partial charge in [-0.15, -0.1) is 0 Å². The average Bonchev–Trinajstić information content (AvgIpc) is 2.95. The van der Waals surface area contributed by atoms with Crippen molar-refractivity contribution in [2.75, 3.05) is 40.4 Å². The van der Waals surface area contributed by atoms with Crippen molar-refractivity contribution in [3.8, 4) is 11.5 Å². The molecule has 0 spiro atoms. The number of carboxylic acid groups (broad SMARTS) is 2. The minimum absolute atomic E-state index is 0.174. The normalized spacial score (nSPS) is 14.8. The van der Waals surface area contributed by atoms with E-state index in [1.807, 2.05) is 41.3 Å². The first-order valence-corrected chi connectivity index (χ1v) is 12.7. The molecule has 11 heteroatoms. The number of para-hydroxylation sites is 1. The van der Waals surface area contributed by atoms with Crippen LogP contribution in [0, 0.1) is 0 Å². The second-order valence-corrected chi connectivity index (χ2v) is 9.11.